The summed E-state index contributed by atoms with van der Waals surface area (Å²) in [6.07, 6.45) is 1.99. The number of amides is 3. The van der Waals surface area contributed by atoms with E-state index in [-0.39, 0.29) is 36.1 Å². The summed E-state index contributed by atoms with van der Waals surface area (Å²) in [5.74, 6) is -0.217. The van der Waals surface area contributed by atoms with E-state index in [4.69, 9.17) is 4.42 Å². The SMILES string of the molecule is CN(C[C@@H](O)c1ccc(O)cc1)C(=O)CCN1C(=O)S/C(=C\c2ccco2)C1=O. The molecule has 8 nitrogen and oxygen atoms in total. The maximum Gasteiger partial charge on any atom is 0.293 e. The number of likely N-dealkylation sites (N-methyl/N-ethyl adjacent to an activating group) is 1. The first-order valence-electron chi connectivity index (χ1n) is 8.85. The van der Waals surface area contributed by atoms with Gasteiger partial charge in [0, 0.05) is 26.1 Å². The Morgan fingerprint density at radius 1 is 1.28 bits per heavy atom. The molecule has 0 unspecified atom stereocenters. The van der Waals surface area contributed by atoms with Crippen molar-refractivity contribution in [1.29, 1.82) is 0 Å². The normalized spacial score (nSPS) is 16.5. The van der Waals surface area contributed by atoms with Gasteiger partial charge in [-0.05, 0) is 41.6 Å². The number of aliphatic hydroxyl groups is 1. The maximum absolute atomic E-state index is 12.4. The van der Waals surface area contributed by atoms with Crippen molar-refractivity contribution in [3.8, 4) is 5.75 Å². The Bertz CT molecular complexity index is 923. The molecule has 1 fully saturated rings. The molecule has 2 aromatic rings. The van der Waals surface area contributed by atoms with Crippen molar-refractivity contribution in [2.45, 2.75) is 12.5 Å². The molecule has 1 saturated heterocycles. The first kappa shape index (κ1) is 20.7. The Labute approximate surface area is 171 Å². The number of thioether (sulfide) groups is 1. The molecule has 0 bridgehead atoms. The minimum atomic E-state index is -0.919. The molecule has 1 aliphatic rings. The number of phenolic OH excluding ortho intramolecular Hbond substituents is 1. The average molecular weight is 416 g/mol. The van der Waals surface area contributed by atoms with Crippen molar-refractivity contribution in [2.24, 2.45) is 0 Å². The van der Waals surface area contributed by atoms with Crippen LogP contribution >= 0.6 is 11.8 Å². The number of carbonyl (C=O) groups is 3. The second-order valence-corrected chi connectivity index (χ2v) is 7.47. The lowest BCUT2D eigenvalue weighted by Gasteiger charge is -2.22. The summed E-state index contributed by atoms with van der Waals surface area (Å²) in [5, 5.41) is 19.1. The van der Waals surface area contributed by atoms with E-state index in [0.29, 0.717) is 11.3 Å². The minimum absolute atomic E-state index is 0.0430. The lowest BCUT2D eigenvalue weighted by molar-refractivity contribution is -0.131. The Kier molecular flexibility index (Phi) is 6.40. The van der Waals surface area contributed by atoms with Crippen LogP contribution in [0.2, 0.25) is 0 Å². The molecule has 1 aliphatic heterocycles. The fraction of sp³-hybridized carbons (Fsp3) is 0.250. The lowest BCUT2D eigenvalue weighted by Crippen LogP contribution is -2.36. The topological polar surface area (TPSA) is 111 Å². The summed E-state index contributed by atoms with van der Waals surface area (Å²) in [6, 6.07) is 9.41. The highest BCUT2D eigenvalue weighted by atomic mass is 32.2. The molecular formula is C20H20N2O6S. The summed E-state index contributed by atoms with van der Waals surface area (Å²) in [6.45, 7) is 0.00252. The van der Waals surface area contributed by atoms with E-state index in [2.05, 4.69) is 0 Å². The Hall–Kier alpha value is -3.04. The number of aromatic hydroxyl groups is 1. The van der Waals surface area contributed by atoms with Gasteiger partial charge in [0.05, 0.1) is 23.8 Å². The summed E-state index contributed by atoms with van der Waals surface area (Å²) < 4.78 is 5.15. The number of rotatable bonds is 7. The predicted octanol–water partition coefficient (Wildman–Crippen LogP) is 2.60. The molecule has 0 spiro atoms. The number of hydrogen-bond acceptors (Lipinski definition) is 7. The highest BCUT2D eigenvalue weighted by molar-refractivity contribution is 8.18. The standard InChI is InChI=1S/C20H20N2O6S/c1-21(12-16(24)13-4-6-14(23)7-5-13)18(25)8-9-22-19(26)17(29-20(22)27)11-15-3-2-10-28-15/h2-7,10-11,16,23-24H,8-9,12H2,1H3/b17-11-/t16-/m1/s1. The van der Waals surface area contributed by atoms with Gasteiger partial charge in [-0.2, -0.15) is 0 Å². The van der Waals surface area contributed by atoms with Crippen LogP contribution in [0.1, 0.15) is 23.8 Å². The summed E-state index contributed by atoms with van der Waals surface area (Å²) in [5.41, 5.74) is 0.566. The molecule has 0 radical (unpaired) electrons. The smallest absolute Gasteiger partial charge is 0.293 e. The zero-order valence-corrected chi connectivity index (χ0v) is 16.5. The Morgan fingerprint density at radius 2 is 2.00 bits per heavy atom. The van der Waals surface area contributed by atoms with Gasteiger partial charge in [-0.25, -0.2) is 0 Å². The summed E-state index contributed by atoms with van der Waals surface area (Å²) in [4.78, 5) is 39.5. The third kappa shape index (κ3) is 5.07. The summed E-state index contributed by atoms with van der Waals surface area (Å²) >= 11 is 0.802. The van der Waals surface area contributed by atoms with Crippen molar-refractivity contribution in [2.75, 3.05) is 20.1 Å². The van der Waals surface area contributed by atoms with Crippen LogP contribution in [0.25, 0.3) is 6.08 Å². The van der Waals surface area contributed by atoms with E-state index < -0.39 is 17.3 Å². The molecular weight excluding hydrogens is 396 g/mol. The number of benzene rings is 1. The fourth-order valence-electron chi connectivity index (χ4n) is 2.76. The van der Waals surface area contributed by atoms with Crippen LogP contribution in [-0.2, 0) is 9.59 Å². The molecule has 152 valence electrons. The highest BCUT2D eigenvalue weighted by Crippen LogP contribution is 2.32. The molecule has 0 aliphatic carbocycles. The van der Waals surface area contributed by atoms with Crippen molar-refractivity contribution in [1.82, 2.24) is 9.80 Å². The molecule has 3 rings (SSSR count). The van der Waals surface area contributed by atoms with Gasteiger partial charge in [0.15, 0.2) is 0 Å². The molecule has 2 heterocycles. The van der Waals surface area contributed by atoms with E-state index in [1.165, 1.54) is 36.4 Å². The monoisotopic (exact) mass is 416 g/mol. The number of hydrogen-bond donors (Lipinski definition) is 2. The first-order valence-corrected chi connectivity index (χ1v) is 9.66. The van der Waals surface area contributed by atoms with Crippen LogP contribution in [0, 0.1) is 0 Å². The molecule has 1 aromatic carbocycles. The van der Waals surface area contributed by atoms with E-state index in [0.717, 1.165) is 16.7 Å². The van der Waals surface area contributed by atoms with E-state index >= 15 is 0 Å². The van der Waals surface area contributed by atoms with Gasteiger partial charge >= 0.3 is 0 Å². The molecule has 1 atom stereocenters. The minimum Gasteiger partial charge on any atom is -0.508 e. The van der Waals surface area contributed by atoms with Crippen LogP contribution in [0.4, 0.5) is 4.79 Å². The Balaban J connectivity index is 1.53. The number of aliphatic hydroxyl groups excluding tert-OH is 1. The molecule has 0 saturated carbocycles. The quantitative estimate of drug-likeness (QED) is 0.668. The van der Waals surface area contributed by atoms with Crippen LogP contribution < -0.4 is 0 Å². The van der Waals surface area contributed by atoms with Crippen molar-refractivity contribution >= 4 is 34.9 Å². The zero-order valence-electron chi connectivity index (χ0n) is 15.6. The van der Waals surface area contributed by atoms with Crippen LogP contribution in [0.5, 0.6) is 5.75 Å². The Morgan fingerprint density at radius 3 is 2.66 bits per heavy atom. The van der Waals surface area contributed by atoms with Crippen LogP contribution in [0.3, 0.4) is 0 Å². The largest absolute Gasteiger partial charge is 0.508 e. The summed E-state index contributed by atoms with van der Waals surface area (Å²) in [7, 11) is 1.54. The van der Waals surface area contributed by atoms with Crippen molar-refractivity contribution < 1.29 is 29.0 Å². The van der Waals surface area contributed by atoms with Gasteiger partial charge in [0.25, 0.3) is 11.1 Å². The van der Waals surface area contributed by atoms with Crippen LogP contribution in [0.15, 0.2) is 52.0 Å². The van der Waals surface area contributed by atoms with E-state index in [1.807, 2.05) is 0 Å². The third-order valence-electron chi connectivity index (χ3n) is 4.39. The zero-order chi connectivity index (χ0) is 21.0. The van der Waals surface area contributed by atoms with Crippen LogP contribution in [-0.4, -0.2) is 57.2 Å². The molecule has 2 N–H and O–H groups in total. The van der Waals surface area contributed by atoms with Gasteiger partial charge in [-0.3, -0.25) is 19.3 Å². The lowest BCUT2D eigenvalue weighted by atomic mass is 10.1. The number of phenols is 1. The van der Waals surface area contributed by atoms with Gasteiger partial charge in [0.1, 0.15) is 11.5 Å². The second-order valence-electron chi connectivity index (χ2n) is 6.48. The predicted molar refractivity (Wildman–Crippen MR) is 107 cm³/mol. The fourth-order valence-corrected chi connectivity index (χ4v) is 3.60. The van der Waals surface area contributed by atoms with E-state index in [1.54, 1.807) is 24.3 Å². The number of nitrogens with zero attached hydrogens (tertiary/aromatic N) is 2. The van der Waals surface area contributed by atoms with Gasteiger partial charge < -0.3 is 19.5 Å². The third-order valence-corrected chi connectivity index (χ3v) is 5.30. The average Bonchev–Trinajstić information content (AvgIpc) is 3.29. The molecule has 9 heteroatoms. The van der Waals surface area contributed by atoms with Crippen molar-refractivity contribution in [3.63, 3.8) is 0 Å². The maximum atomic E-state index is 12.4. The highest BCUT2D eigenvalue weighted by Gasteiger charge is 2.35. The molecule has 29 heavy (non-hydrogen) atoms. The second kappa shape index (κ2) is 8.97. The molecule has 1 aromatic heterocycles. The van der Waals surface area contributed by atoms with Gasteiger partial charge in [-0.15, -0.1) is 0 Å². The first-order chi connectivity index (χ1) is 13.8. The van der Waals surface area contributed by atoms with Gasteiger partial charge in [-0.1, -0.05) is 12.1 Å². The molecule has 3 amide bonds. The number of imide groups is 1. The number of furan rings is 1. The van der Waals surface area contributed by atoms with Crippen molar-refractivity contribution in [3.05, 3.63) is 58.9 Å². The number of carbonyl (C=O) groups excluding carboxylic acids is 3. The van der Waals surface area contributed by atoms with Gasteiger partial charge in [0.2, 0.25) is 5.91 Å². The van der Waals surface area contributed by atoms with E-state index in [9.17, 15) is 24.6 Å².